The zero-order valence-electron chi connectivity index (χ0n) is 7.96. The van der Waals surface area contributed by atoms with Crippen molar-refractivity contribution >= 4 is 6.09 Å². The molecule has 1 N–H and O–H groups in total. The normalized spacial score (nSPS) is 28.0. The number of hydrogen-bond donors (Lipinski definition) is 1. The van der Waals surface area contributed by atoms with Crippen LogP contribution in [0.4, 0.5) is 4.79 Å². The van der Waals surface area contributed by atoms with Gasteiger partial charge < -0.3 is 10.1 Å². The second kappa shape index (κ2) is 3.78. The van der Waals surface area contributed by atoms with Gasteiger partial charge in [-0.15, -0.1) is 0 Å². The molecule has 0 aliphatic heterocycles. The fourth-order valence-electron chi connectivity index (χ4n) is 1.28. The van der Waals surface area contributed by atoms with E-state index in [1.54, 1.807) is 0 Å². The van der Waals surface area contributed by atoms with Crippen LogP contribution in [0, 0.1) is 5.92 Å². The molecule has 1 saturated carbocycles. The molecule has 0 saturated heterocycles. The van der Waals surface area contributed by atoms with Crippen molar-refractivity contribution < 1.29 is 9.53 Å². The van der Waals surface area contributed by atoms with Crippen molar-refractivity contribution in [1.82, 2.24) is 5.32 Å². The van der Waals surface area contributed by atoms with Gasteiger partial charge in [-0.1, -0.05) is 6.92 Å². The number of carbonyl (C=O) groups excluding carboxylic acids is 1. The number of hydrogen-bond acceptors (Lipinski definition) is 2. The fraction of sp³-hybridized carbons (Fsp3) is 0.889. The Balaban J connectivity index is 2.17. The molecule has 0 aromatic rings. The standard InChI is InChI=1S/C9H17NO2/c1-6(2)12-9(11)10-8-5-4-7(8)3/h6-8H,4-5H2,1-3H3,(H,10,11)/t7?,8-/m1/s1. The molecule has 12 heavy (non-hydrogen) atoms. The van der Waals surface area contributed by atoms with Gasteiger partial charge in [0.1, 0.15) is 0 Å². The molecule has 1 amide bonds. The van der Waals surface area contributed by atoms with Crippen LogP contribution in [-0.4, -0.2) is 18.2 Å². The molecule has 1 rings (SSSR count). The Morgan fingerprint density at radius 3 is 2.50 bits per heavy atom. The summed E-state index contributed by atoms with van der Waals surface area (Å²) in [6, 6.07) is 0.344. The van der Waals surface area contributed by atoms with Crippen LogP contribution in [0.15, 0.2) is 0 Å². The van der Waals surface area contributed by atoms with Gasteiger partial charge >= 0.3 is 6.09 Å². The van der Waals surface area contributed by atoms with E-state index in [1.165, 1.54) is 6.42 Å². The number of amides is 1. The maximum atomic E-state index is 11.1. The second-order valence-corrected chi connectivity index (χ2v) is 3.76. The van der Waals surface area contributed by atoms with Gasteiger partial charge in [0.05, 0.1) is 6.10 Å². The highest BCUT2D eigenvalue weighted by atomic mass is 16.6. The van der Waals surface area contributed by atoms with Crippen molar-refractivity contribution in [3.05, 3.63) is 0 Å². The van der Waals surface area contributed by atoms with Crippen LogP contribution in [0.3, 0.4) is 0 Å². The zero-order valence-corrected chi connectivity index (χ0v) is 7.96. The summed E-state index contributed by atoms with van der Waals surface area (Å²) in [6.07, 6.45) is 2.00. The van der Waals surface area contributed by atoms with Crippen LogP contribution in [0.1, 0.15) is 33.6 Å². The van der Waals surface area contributed by atoms with Gasteiger partial charge in [-0.3, -0.25) is 0 Å². The van der Waals surface area contributed by atoms with Crippen LogP contribution in [0.25, 0.3) is 0 Å². The van der Waals surface area contributed by atoms with Gasteiger partial charge in [0.2, 0.25) is 0 Å². The number of rotatable bonds is 2. The number of carbonyl (C=O) groups is 1. The summed E-state index contributed by atoms with van der Waals surface area (Å²) < 4.78 is 4.95. The molecule has 0 aromatic carbocycles. The Labute approximate surface area is 73.5 Å². The maximum Gasteiger partial charge on any atom is 0.407 e. The lowest BCUT2D eigenvalue weighted by molar-refractivity contribution is 0.100. The van der Waals surface area contributed by atoms with Crippen molar-refractivity contribution in [3.63, 3.8) is 0 Å². The van der Waals surface area contributed by atoms with Gasteiger partial charge in [0, 0.05) is 6.04 Å². The minimum atomic E-state index is -0.276. The van der Waals surface area contributed by atoms with Crippen molar-refractivity contribution in [2.24, 2.45) is 5.92 Å². The molecule has 1 fully saturated rings. The van der Waals surface area contributed by atoms with Gasteiger partial charge in [-0.25, -0.2) is 4.79 Å². The van der Waals surface area contributed by atoms with Crippen LogP contribution in [0.2, 0.25) is 0 Å². The molecule has 0 spiro atoms. The molecule has 1 aliphatic carbocycles. The van der Waals surface area contributed by atoms with E-state index in [1.807, 2.05) is 13.8 Å². The van der Waals surface area contributed by atoms with E-state index < -0.39 is 0 Å². The molecular weight excluding hydrogens is 154 g/mol. The predicted octanol–water partition coefficient (Wildman–Crippen LogP) is 1.92. The average molecular weight is 171 g/mol. The highest BCUT2D eigenvalue weighted by Gasteiger charge is 2.28. The minimum absolute atomic E-state index is 0.0274. The zero-order chi connectivity index (χ0) is 9.14. The third-order valence-electron chi connectivity index (χ3n) is 2.27. The molecule has 3 heteroatoms. The summed E-state index contributed by atoms with van der Waals surface area (Å²) >= 11 is 0. The van der Waals surface area contributed by atoms with Gasteiger partial charge in [0.15, 0.2) is 0 Å². The number of ether oxygens (including phenoxy) is 1. The Morgan fingerprint density at radius 1 is 1.50 bits per heavy atom. The van der Waals surface area contributed by atoms with Crippen LogP contribution in [-0.2, 0) is 4.74 Å². The Bertz CT molecular complexity index is 168. The summed E-state index contributed by atoms with van der Waals surface area (Å²) in [4.78, 5) is 11.1. The Kier molecular flexibility index (Phi) is 2.95. The lowest BCUT2D eigenvalue weighted by Gasteiger charge is -2.34. The van der Waals surface area contributed by atoms with Crippen molar-refractivity contribution in [2.45, 2.75) is 45.8 Å². The molecule has 0 heterocycles. The van der Waals surface area contributed by atoms with E-state index in [2.05, 4.69) is 12.2 Å². The van der Waals surface area contributed by atoms with E-state index in [4.69, 9.17) is 4.74 Å². The lowest BCUT2D eigenvalue weighted by Crippen LogP contribution is -2.46. The molecule has 1 aliphatic rings. The summed E-state index contributed by atoms with van der Waals surface area (Å²) in [7, 11) is 0. The minimum Gasteiger partial charge on any atom is -0.447 e. The Morgan fingerprint density at radius 2 is 2.17 bits per heavy atom. The van der Waals surface area contributed by atoms with E-state index in [0.29, 0.717) is 12.0 Å². The predicted molar refractivity (Wildman–Crippen MR) is 46.9 cm³/mol. The molecule has 2 atom stereocenters. The molecule has 70 valence electrons. The van der Waals surface area contributed by atoms with Gasteiger partial charge in [-0.2, -0.15) is 0 Å². The smallest absolute Gasteiger partial charge is 0.407 e. The Hall–Kier alpha value is -0.730. The summed E-state index contributed by atoms with van der Waals surface area (Å²) in [5.41, 5.74) is 0. The van der Waals surface area contributed by atoms with E-state index in [0.717, 1.165) is 6.42 Å². The van der Waals surface area contributed by atoms with Crippen LogP contribution >= 0.6 is 0 Å². The second-order valence-electron chi connectivity index (χ2n) is 3.76. The highest BCUT2D eigenvalue weighted by Crippen LogP contribution is 2.26. The van der Waals surface area contributed by atoms with E-state index in [-0.39, 0.29) is 12.2 Å². The van der Waals surface area contributed by atoms with Gasteiger partial charge in [-0.05, 0) is 32.6 Å². The third-order valence-corrected chi connectivity index (χ3v) is 2.27. The first kappa shape index (κ1) is 9.36. The van der Waals surface area contributed by atoms with Crippen molar-refractivity contribution in [2.75, 3.05) is 0 Å². The number of nitrogens with one attached hydrogen (secondary N) is 1. The molecule has 0 bridgehead atoms. The van der Waals surface area contributed by atoms with Crippen LogP contribution in [0.5, 0.6) is 0 Å². The van der Waals surface area contributed by atoms with E-state index >= 15 is 0 Å². The van der Waals surface area contributed by atoms with Crippen LogP contribution < -0.4 is 5.32 Å². The maximum absolute atomic E-state index is 11.1. The third kappa shape index (κ3) is 2.40. The summed E-state index contributed by atoms with van der Waals surface area (Å²) in [5.74, 6) is 0.615. The first-order valence-corrected chi connectivity index (χ1v) is 4.56. The lowest BCUT2D eigenvalue weighted by atomic mass is 9.81. The molecule has 1 unspecified atom stereocenters. The van der Waals surface area contributed by atoms with E-state index in [9.17, 15) is 4.79 Å². The molecule has 0 radical (unpaired) electrons. The largest absolute Gasteiger partial charge is 0.447 e. The fourth-order valence-corrected chi connectivity index (χ4v) is 1.28. The first-order valence-electron chi connectivity index (χ1n) is 4.56. The van der Waals surface area contributed by atoms with Crippen molar-refractivity contribution in [3.8, 4) is 0 Å². The van der Waals surface area contributed by atoms with Gasteiger partial charge in [0.25, 0.3) is 0 Å². The first-order chi connectivity index (χ1) is 5.59. The monoisotopic (exact) mass is 171 g/mol. The summed E-state index contributed by atoms with van der Waals surface area (Å²) in [6.45, 7) is 5.84. The summed E-state index contributed by atoms with van der Waals surface area (Å²) in [5, 5.41) is 2.84. The molecular formula is C9H17NO2. The highest BCUT2D eigenvalue weighted by molar-refractivity contribution is 5.67. The molecule has 0 aromatic heterocycles. The number of alkyl carbamates (subject to hydrolysis) is 1. The van der Waals surface area contributed by atoms with Crippen molar-refractivity contribution in [1.29, 1.82) is 0 Å². The SMILES string of the molecule is CC(C)OC(=O)N[C@@H]1CCC1C. The topological polar surface area (TPSA) is 38.3 Å². The molecule has 3 nitrogen and oxygen atoms in total. The average Bonchev–Trinajstić information content (AvgIpc) is 1.96. The quantitative estimate of drug-likeness (QED) is 0.689.